The highest BCUT2D eigenvalue weighted by Crippen LogP contribution is 2.27. The summed E-state index contributed by atoms with van der Waals surface area (Å²) in [5, 5.41) is 4.52. The van der Waals surface area contributed by atoms with Crippen LogP contribution in [0.1, 0.15) is 34.9 Å². The van der Waals surface area contributed by atoms with Gasteiger partial charge >= 0.3 is 0 Å². The van der Waals surface area contributed by atoms with Gasteiger partial charge in [-0.25, -0.2) is 14.5 Å². The van der Waals surface area contributed by atoms with E-state index in [1.54, 1.807) is 0 Å². The fraction of sp³-hybridized carbons (Fsp3) is 0.481. The first-order valence-electron chi connectivity index (χ1n) is 13.1. The van der Waals surface area contributed by atoms with Gasteiger partial charge in [0.15, 0.2) is 0 Å². The third kappa shape index (κ3) is 5.03. The second-order valence-electron chi connectivity index (χ2n) is 10.1. The van der Waals surface area contributed by atoms with E-state index in [1.807, 2.05) is 30.0 Å². The van der Waals surface area contributed by atoms with Crippen LogP contribution in [0.4, 0.5) is 5.82 Å². The van der Waals surface area contributed by atoms with E-state index in [4.69, 9.17) is 19.7 Å². The van der Waals surface area contributed by atoms with Gasteiger partial charge in [-0.05, 0) is 57.2 Å². The number of morpholine rings is 1. The molecule has 0 amide bonds. The number of aromatic nitrogens is 7. The average molecular weight is 500 g/mol. The Morgan fingerprint density at radius 3 is 2.57 bits per heavy atom. The van der Waals surface area contributed by atoms with Crippen molar-refractivity contribution in [2.75, 3.05) is 44.3 Å². The van der Waals surface area contributed by atoms with Gasteiger partial charge in [-0.2, -0.15) is 10.1 Å². The molecule has 6 heterocycles. The summed E-state index contributed by atoms with van der Waals surface area (Å²) in [5.41, 5.74) is 6.35. The van der Waals surface area contributed by atoms with Crippen LogP contribution in [0.2, 0.25) is 0 Å². The van der Waals surface area contributed by atoms with Crippen LogP contribution in [0.25, 0.3) is 17.0 Å². The van der Waals surface area contributed by atoms with Crippen molar-refractivity contribution in [2.45, 2.75) is 40.2 Å². The predicted molar refractivity (Wildman–Crippen MR) is 140 cm³/mol. The molecule has 0 spiro atoms. The Hall–Kier alpha value is -3.50. The maximum Gasteiger partial charge on any atom is 0.252 e. The van der Waals surface area contributed by atoms with Crippen LogP contribution >= 0.6 is 0 Å². The van der Waals surface area contributed by atoms with Crippen LogP contribution < -0.4 is 4.90 Å². The largest absolute Gasteiger partial charge is 0.379 e. The molecular weight excluding hydrogens is 466 g/mol. The fourth-order valence-corrected chi connectivity index (χ4v) is 5.39. The van der Waals surface area contributed by atoms with Crippen molar-refractivity contribution in [2.24, 2.45) is 5.92 Å². The average Bonchev–Trinajstić information content (AvgIpc) is 3.54. The van der Waals surface area contributed by atoms with E-state index in [0.717, 1.165) is 98.8 Å². The molecular formula is C27H33N9O. The van der Waals surface area contributed by atoms with Crippen molar-refractivity contribution < 1.29 is 4.74 Å². The molecule has 2 fully saturated rings. The number of nitrogens with zero attached hydrogens (tertiary/aromatic N) is 9. The summed E-state index contributed by atoms with van der Waals surface area (Å²) in [6.07, 6.45) is 7.74. The van der Waals surface area contributed by atoms with Crippen LogP contribution in [0, 0.1) is 26.7 Å². The van der Waals surface area contributed by atoms with Crippen LogP contribution in [-0.4, -0.2) is 78.8 Å². The monoisotopic (exact) mass is 499 g/mol. The molecule has 37 heavy (non-hydrogen) atoms. The first-order chi connectivity index (χ1) is 18.0. The molecule has 0 aliphatic carbocycles. The van der Waals surface area contributed by atoms with Gasteiger partial charge in [0.2, 0.25) is 0 Å². The second kappa shape index (κ2) is 10.1. The van der Waals surface area contributed by atoms with Gasteiger partial charge in [0, 0.05) is 55.9 Å². The summed E-state index contributed by atoms with van der Waals surface area (Å²) in [6, 6.07) is 4.17. The van der Waals surface area contributed by atoms with Crippen molar-refractivity contribution in [1.82, 2.24) is 39.4 Å². The van der Waals surface area contributed by atoms with Crippen molar-refractivity contribution in [3.05, 3.63) is 59.2 Å². The first-order valence-corrected chi connectivity index (χ1v) is 13.1. The third-order valence-corrected chi connectivity index (χ3v) is 7.51. The van der Waals surface area contributed by atoms with Gasteiger partial charge in [0.25, 0.3) is 5.78 Å². The number of hydrogen-bond donors (Lipinski definition) is 0. The molecule has 4 aromatic heterocycles. The Morgan fingerprint density at radius 2 is 1.81 bits per heavy atom. The highest BCUT2D eigenvalue weighted by Gasteiger charge is 2.26. The highest BCUT2D eigenvalue weighted by atomic mass is 16.5. The van der Waals surface area contributed by atoms with Crippen LogP contribution in [0.5, 0.6) is 0 Å². The summed E-state index contributed by atoms with van der Waals surface area (Å²) < 4.78 is 7.30. The lowest BCUT2D eigenvalue weighted by Crippen LogP contribution is -2.35. The lowest BCUT2D eigenvalue weighted by molar-refractivity contribution is 0.0336. The fourth-order valence-electron chi connectivity index (χ4n) is 5.39. The molecule has 192 valence electrons. The highest BCUT2D eigenvalue weighted by molar-refractivity contribution is 5.58. The van der Waals surface area contributed by atoms with E-state index >= 15 is 0 Å². The number of ether oxygens (including phenoxy) is 1. The van der Waals surface area contributed by atoms with Crippen LogP contribution in [0.3, 0.4) is 0 Å². The number of rotatable bonds is 6. The molecule has 0 aromatic carbocycles. The summed E-state index contributed by atoms with van der Waals surface area (Å²) in [7, 11) is 0. The predicted octanol–water partition coefficient (Wildman–Crippen LogP) is 2.80. The molecule has 2 saturated heterocycles. The second-order valence-corrected chi connectivity index (χ2v) is 10.1. The van der Waals surface area contributed by atoms with Crippen molar-refractivity contribution >= 4 is 11.6 Å². The molecule has 0 radical (unpaired) electrons. The summed E-state index contributed by atoms with van der Waals surface area (Å²) in [5.74, 6) is 2.89. The number of aryl methyl sites for hydroxylation is 3. The molecule has 2 aliphatic rings. The Bertz CT molecular complexity index is 1380. The normalized spacial score (nSPS) is 18.7. The number of fused-ring (bicyclic) bond motifs is 1. The van der Waals surface area contributed by atoms with E-state index in [-0.39, 0.29) is 0 Å². The van der Waals surface area contributed by atoms with E-state index in [1.165, 1.54) is 5.56 Å². The molecule has 0 saturated carbocycles. The molecule has 6 rings (SSSR count). The molecule has 1 unspecified atom stereocenters. The van der Waals surface area contributed by atoms with Gasteiger partial charge in [0.1, 0.15) is 11.6 Å². The maximum atomic E-state index is 5.43. The van der Waals surface area contributed by atoms with Crippen molar-refractivity contribution in [3.63, 3.8) is 0 Å². The molecule has 1 atom stereocenters. The molecule has 0 bridgehead atoms. The molecule has 2 aliphatic heterocycles. The van der Waals surface area contributed by atoms with E-state index in [0.29, 0.717) is 11.7 Å². The Balaban J connectivity index is 1.09. The standard InChI is InChI=1S/C27H33N9O/c1-18-24(19(2)36-27(31-18)32-20(3)33-36)12-21-6-7-35(16-21)26-15-29-25(14-30-26)22-4-5-23(28-13-22)17-34-8-10-37-11-9-34/h4-5,13-15,21H,6-12,16-17H2,1-3H3. The lowest BCUT2D eigenvalue weighted by atomic mass is 9.96. The third-order valence-electron chi connectivity index (χ3n) is 7.51. The minimum absolute atomic E-state index is 0.533. The maximum absolute atomic E-state index is 5.43. The quantitative estimate of drug-likeness (QED) is 0.397. The van der Waals surface area contributed by atoms with Crippen LogP contribution in [-0.2, 0) is 17.7 Å². The SMILES string of the molecule is Cc1nc2nc(C)c(CC3CCN(c4cnc(-c5ccc(CN6CCOCC6)nc5)cn4)C3)c(C)n2n1. The molecule has 10 nitrogen and oxygen atoms in total. The zero-order valence-corrected chi connectivity index (χ0v) is 21.8. The minimum atomic E-state index is 0.533. The molecule has 0 N–H and O–H groups in total. The van der Waals surface area contributed by atoms with Crippen molar-refractivity contribution in [3.8, 4) is 11.3 Å². The summed E-state index contributed by atoms with van der Waals surface area (Å²) in [4.78, 5) is 27.9. The Labute approximate surface area is 216 Å². The molecule has 10 heteroatoms. The van der Waals surface area contributed by atoms with E-state index < -0.39 is 0 Å². The van der Waals surface area contributed by atoms with Crippen LogP contribution in [0.15, 0.2) is 30.7 Å². The zero-order valence-electron chi connectivity index (χ0n) is 21.8. The Morgan fingerprint density at radius 1 is 0.946 bits per heavy atom. The number of hydrogen-bond acceptors (Lipinski definition) is 9. The van der Waals surface area contributed by atoms with E-state index in [9.17, 15) is 0 Å². The summed E-state index contributed by atoms with van der Waals surface area (Å²) >= 11 is 0. The van der Waals surface area contributed by atoms with E-state index in [2.05, 4.69) is 50.8 Å². The van der Waals surface area contributed by atoms with Crippen molar-refractivity contribution in [1.29, 1.82) is 0 Å². The number of pyridine rings is 1. The zero-order chi connectivity index (χ0) is 25.4. The smallest absolute Gasteiger partial charge is 0.252 e. The van der Waals surface area contributed by atoms with Gasteiger partial charge in [-0.1, -0.05) is 0 Å². The minimum Gasteiger partial charge on any atom is -0.379 e. The Kier molecular flexibility index (Phi) is 6.52. The lowest BCUT2D eigenvalue weighted by Gasteiger charge is -2.26. The summed E-state index contributed by atoms with van der Waals surface area (Å²) in [6.45, 7) is 12.4. The van der Waals surface area contributed by atoms with Gasteiger partial charge in [-0.15, -0.1) is 0 Å². The number of anilines is 1. The van der Waals surface area contributed by atoms with Gasteiger partial charge < -0.3 is 9.64 Å². The topological polar surface area (TPSA) is 97.5 Å². The molecule has 4 aromatic rings. The van der Waals surface area contributed by atoms with Gasteiger partial charge in [-0.3, -0.25) is 14.9 Å². The first kappa shape index (κ1) is 23.9. The van der Waals surface area contributed by atoms with Gasteiger partial charge in [0.05, 0.1) is 37.0 Å².